The first-order valence-corrected chi connectivity index (χ1v) is 9.47. The van der Waals surface area contributed by atoms with E-state index in [-0.39, 0.29) is 17.9 Å². The maximum atomic E-state index is 13.0. The largest absolute Gasteiger partial charge is 0.327 e. The van der Waals surface area contributed by atoms with Crippen LogP contribution in [0, 0.1) is 5.82 Å². The molecule has 2 heterocycles. The van der Waals surface area contributed by atoms with Crippen LogP contribution in [-0.2, 0) is 16.1 Å². The third-order valence-corrected chi connectivity index (χ3v) is 6.23. The Morgan fingerprint density at radius 3 is 2.50 bits per heavy atom. The van der Waals surface area contributed by atoms with Gasteiger partial charge < -0.3 is 9.80 Å². The van der Waals surface area contributed by atoms with Crippen LogP contribution >= 0.6 is 11.3 Å². The summed E-state index contributed by atoms with van der Waals surface area (Å²) < 4.78 is 13.0. The maximum Gasteiger partial charge on any atom is 0.312 e. The summed E-state index contributed by atoms with van der Waals surface area (Å²) in [4.78, 5) is 28.3. The molecule has 0 N–H and O–H groups in total. The number of hydrogen-bond donors (Lipinski definition) is 0. The van der Waals surface area contributed by atoms with Crippen LogP contribution in [0.25, 0.3) is 10.6 Å². The Labute approximate surface area is 154 Å². The molecule has 0 bridgehead atoms. The molecule has 26 heavy (non-hydrogen) atoms. The number of nitrogens with zero attached hydrogens (tertiary/aromatic N) is 4. The third-order valence-electron chi connectivity index (χ3n) is 5.28. The molecule has 1 aliphatic carbocycles. The molecule has 1 saturated carbocycles. The van der Waals surface area contributed by atoms with Gasteiger partial charge in [-0.15, -0.1) is 10.2 Å². The number of rotatable bonds is 4. The number of halogens is 1. The van der Waals surface area contributed by atoms with Crippen molar-refractivity contribution in [2.75, 3.05) is 13.1 Å². The Bertz CT molecular complexity index is 847. The van der Waals surface area contributed by atoms with Crippen LogP contribution in [0.1, 0.15) is 31.2 Å². The highest BCUT2D eigenvalue weighted by Gasteiger charge is 2.45. The smallest absolute Gasteiger partial charge is 0.312 e. The van der Waals surface area contributed by atoms with E-state index in [0.717, 1.165) is 24.8 Å². The molecule has 8 heteroatoms. The van der Waals surface area contributed by atoms with Crippen molar-refractivity contribution in [1.29, 1.82) is 0 Å². The van der Waals surface area contributed by atoms with Crippen molar-refractivity contribution < 1.29 is 14.0 Å². The van der Waals surface area contributed by atoms with E-state index in [0.29, 0.717) is 23.1 Å². The fraction of sp³-hybridized carbons (Fsp3) is 0.444. The number of piperazine rings is 1. The molecule has 1 saturated heterocycles. The summed E-state index contributed by atoms with van der Waals surface area (Å²) in [5.41, 5.74) is 0.623. The molecule has 2 fully saturated rings. The molecule has 0 atom stereocenters. The number of amides is 2. The standard InChI is InChI=1S/C18H19FN4O2S/c1-18(7-2-8-18)23-10-9-22(16(24)17(23)25)11-14-20-21-15(26-14)12-3-5-13(19)6-4-12/h3-6H,2,7-11H2,1H3. The summed E-state index contributed by atoms with van der Waals surface area (Å²) in [6, 6.07) is 6.04. The van der Waals surface area contributed by atoms with Gasteiger partial charge in [0.25, 0.3) is 0 Å². The van der Waals surface area contributed by atoms with Crippen LogP contribution in [0.4, 0.5) is 4.39 Å². The van der Waals surface area contributed by atoms with Gasteiger partial charge in [0.1, 0.15) is 15.8 Å². The summed E-state index contributed by atoms with van der Waals surface area (Å²) in [5.74, 6) is -1.19. The fourth-order valence-electron chi connectivity index (χ4n) is 3.49. The van der Waals surface area contributed by atoms with Gasteiger partial charge in [-0.05, 0) is 50.5 Å². The van der Waals surface area contributed by atoms with E-state index in [1.54, 1.807) is 17.0 Å². The topological polar surface area (TPSA) is 66.4 Å². The van der Waals surface area contributed by atoms with Gasteiger partial charge >= 0.3 is 11.8 Å². The summed E-state index contributed by atoms with van der Waals surface area (Å²) in [7, 11) is 0. The van der Waals surface area contributed by atoms with Crippen molar-refractivity contribution in [3.63, 3.8) is 0 Å². The molecule has 136 valence electrons. The van der Waals surface area contributed by atoms with Crippen molar-refractivity contribution in [3.8, 4) is 10.6 Å². The number of carbonyl (C=O) groups is 2. The average Bonchev–Trinajstić information content (AvgIpc) is 3.06. The lowest BCUT2D eigenvalue weighted by atomic mass is 9.76. The van der Waals surface area contributed by atoms with Crippen molar-refractivity contribution >= 4 is 23.2 Å². The van der Waals surface area contributed by atoms with Crippen LogP contribution in [-0.4, -0.2) is 50.4 Å². The van der Waals surface area contributed by atoms with Crippen LogP contribution < -0.4 is 0 Å². The normalized spacial score (nSPS) is 19.6. The predicted molar refractivity (Wildman–Crippen MR) is 94.7 cm³/mol. The molecule has 1 aliphatic heterocycles. The Hall–Kier alpha value is -2.35. The minimum Gasteiger partial charge on any atom is -0.327 e. The van der Waals surface area contributed by atoms with Gasteiger partial charge in [0.05, 0.1) is 6.54 Å². The van der Waals surface area contributed by atoms with E-state index >= 15 is 0 Å². The zero-order valence-corrected chi connectivity index (χ0v) is 15.3. The molecule has 2 amide bonds. The van der Waals surface area contributed by atoms with Crippen molar-refractivity contribution in [2.24, 2.45) is 0 Å². The van der Waals surface area contributed by atoms with Gasteiger partial charge in [-0.2, -0.15) is 0 Å². The molecule has 1 aromatic heterocycles. The van der Waals surface area contributed by atoms with Crippen molar-refractivity contribution in [1.82, 2.24) is 20.0 Å². The first-order valence-electron chi connectivity index (χ1n) is 8.65. The van der Waals surface area contributed by atoms with Crippen molar-refractivity contribution in [3.05, 3.63) is 35.1 Å². The second-order valence-electron chi connectivity index (χ2n) is 7.04. The number of benzene rings is 1. The van der Waals surface area contributed by atoms with E-state index in [4.69, 9.17) is 0 Å². The maximum absolute atomic E-state index is 13.0. The van der Waals surface area contributed by atoms with E-state index in [1.807, 2.05) is 0 Å². The molecule has 2 aromatic rings. The van der Waals surface area contributed by atoms with E-state index in [9.17, 15) is 14.0 Å². The predicted octanol–water partition coefficient (Wildman–Crippen LogP) is 2.46. The summed E-state index contributed by atoms with van der Waals surface area (Å²) >= 11 is 1.35. The van der Waals surface area contributed by atoms with Gasteiger partial charge in [-0.3, -0.25) is 9.59 Å². The Morgan fingerprint density at radius 1 is 1.12 bits per heavy atom. The minimum absolute atomic E-state index is 0.155. The van der Waals surface area contributed by atoms with E-state index in [2.05, 4.69) is 17.1 Å². The zero-order valence-electron chi connectivity index (χ0n) is 14.4. The molecular weight excluding hydrogens is 355 g/mol. The Kier molecular flexibility index (Phi) is 4.22. The Balaban J connectivity index is 1.44. The summed E-state index contributed by atoms with van der Waals surface area (Å²) in [6.07, 6.45) is 3.03. The van der Waals surface area contributed by atoms with Crippen LogP contribution in [0.3, 0.4) is 0 Å². The van der Waals surface area contributed by atoms with Crippen LogP contribution in [0.5, 0.6) is 0 Å². The SMILES string of the molecule is CC1(N2CCN(Cc3nnc(-c4ccc(F)cc4)s3)C(=O)C2=O)CCC1. The zero-order chi connectivity index (χ0) is 18.3. The average molecular weight is 374 g/mol. The molecule has 1 aromatic carbocycles. The van der Waals surface area contributed by atoms with Crippen molar-refractivity contribution in [2.45, 2.75) is 38.3 Å². The molecule has 0 unspecified atom stereocenters. The lowest BCUT2D eigenvalue weighted by Gasteiger charge is -2.50. The van der Waals surface area contributed by atoms with Gasteiger partial charge in [-0.1, -0.05) is 11.3 Å². The lowest BCUT2D eigenvalue weighted by Crippen LogP contribution is -2.63. The van der Waals surface area contributed by atoms with Crippen LogP contribution in [0.2, 0.25) is 0 Å². The van der Waals surface area contributed by atoms with Gasteiger partial charge in [-0.25, -0.2) is 4.39 Å². The highest BCUT2D eigenvalue weighted by Crippen LogP contribution is 2.38. The number of aromatic nitrogens is 2. The summed E-state index contributed by atoms with van der Waals surface area (Å²) in [5, 5.41) is 9.56. The van der Waals surface area contributed by atoms with E-state index in [1.165, 1.54) is 28.4 Å². The van der Waals surface area contributed by atoms with Gasteiger partial charge in [0.15, 0.2) is 0 Å². The molecule has 0 radical (unpaired) electrons. The lowest BCUT2D eigenvalue weighted by molar-refractivity contribution is -0.163. The third kappa shape index (κ3) is 2.98. The first kappa shape index (κ1) is 17.1. The molecule has 4 rings (SSSR count). The highest BCUT2D eigenvalue weighted by atomic mass is 32.1. The second-order valence-corrected chi connectivity index (χ2v) is 8.10. The monoisotopic (exact) mass is 374 g/mol. The second kappa shape index (κ2) is 6.42. The molecule has 6 nitrogen and oxygen atoms in total. The summed E-state index contributed by atoms with van der Waals surface area (Å²) in [6.45, 7) is 3.39. The molecule has 0 spiro atoms. The minimum atomic E-state index is -0.470. The molecular formula is C18H19FN4O2S. The quantitative estimate of drug-likeness (QED) is 0.771. The van der Waals surface area contributed by atoms with Gasteiger partial charge in [0.2, 0.25) is 0 Å². The van der Waals surface area contributed by atoms with Crippen LogP contribution in [0.15, 0.2) is 24.3 Å². The van der Waals surface area contributed by atoms with E-state index < -0.39 is 11.8 Å². The van der Waals surface area contributed by atoms with Gasteiger partial charge in [0, 0.05) is 24.2 Å². The number of hydrogen-bond acceptors (Lipinski definition) is 5. The first-order chi connectivity index (χ1) is 12.5. The highest BCUT2D eigenvalue weighted by molar-refractivity contribution is 7.14. The molecule has 2 aliphatic rings. The Morgan fingerprint density at radius 2 is 1.85 bits per heavy atom. The number of carbonyl (C=O) groups excluding carboxylic acids is 2. The fourth-order valence-corrected chi connectivity index (χ4v) is 4.35.